The van der Waals surface area contributed by atoms with E-state index in [0.717, 1.165) is 0 Å². The third kappa shape index (κ3) is 2.52. The molecule has 0 radical (unpaired) electrons. The molecule has 1 aliphatic carbocycles. The van der Waals surface area contributed by atoms with Crippen LogP contribution in [0, 0.1) is 0 Å². The first-order valence-electron chi connectivity index (χ1n) is 9.21. The SMILES string of the molecule is CC1=C(C)C([Si](C)(C)NC(C)C)c2ccc3sc4ccccc4c3c21. The van der Waals surface area contributed by atoms with E-state index in [1.54, 1.807) is 11.1 Å². The molecule has 25 heavy (non-hydrogen) atoms. The molecule has 1 unspecified atom stereocenters. The molecule has 2 aromatic carbocycles. The number of rotatable bonds is 3. The largest absolute Gasteiger partial charge is 0.335 e. The zero-order chi connectivity index (χ0) is 17.9. The monoisotopic (exact) mass is 365 g/mol. The standard InChI is InChI=1S/C22H27NSSi/c1-13(2)23-25(5,6)22-15(4)14(3)20-17(22)11-12-19-21(20)16-9-7-8-10-18(16)24-19/h7-13,22-23H,1-6H3. The Balaban J connectivity index is 2.01. The summed E-state index contributed by atoms with van der Waals surface area (Å²) in [5, 5.41) is 2.90. The highest BCUT2D eigenvalue weighted by atomic mass is 32.1. The van der Waals surface area contributed by atoms with Crippen molar-refractivity contribution in [2.24, 2.45) is 0 Å². The van der Waals surface area contributed by atoms with E-state index in [1.165, 1.54) is 31.3 Å². The Labute approximate surface area is 155 Å². The first-order chi connectivity index (χ1) is 11.8. The van der Waals surface area contributed by atoms with E-state index in [9.17, 15) is 0 Å². The van der Waals surface area contributed by atoms with Gasteiger partial charge in [0.05, 0.1) is 0 Å². The van der Waals surface area contributed by atoms with Gasteiger partial charge in [-0.2, -0.15) is 0 Å². The Kier molecular flexibility index (Phi) is 3.95. The van der Waals surface area contributed by atoms with Crippen molar-refractivity contribution in [3.05, 3.63) is 53.1 Å². The second kappa shape index (κ2) is 5.80. The summed E-state index contributed by atoms with van der Waals surface area (Å²) in [6.07, 6.45) is 0. The molecule has 4 rings (SSSR count). The van der Waals surface area contributed by atoms with Crippen molar-refractivity contribution in [3.63, 3.8) is 0 Å². The fourth-order valence-corrected chi connectivity index (χ4v) is 9.97. The lowest BCUT2D eigenvalue weighted by atomic mass is 9.99. The number of fused-ring (bicyclic) bond motifs is 5. The number of hydrogen-bond acceptors (Lipinski definition) is 2. The van der Waals surface area contributed by atoms with Crippen molar-refractivity contribution in [3.8, 4) is 0 Å². The van der Waals surface area contributed by atoms with Crippen LogP contribution in [0.3, 0.4) is 0 Å². The lowest BCUT2D eigenvalue weighted by Crippen LogP contribution is -2.53. The fraction of sp³-hybridized carbons (Fsp3) is 0.364. The van der Waals surface area contributed by atoms with Gasteiger partial charge in [0.25, 0.3) is 0 Å². The third-order valence-corrected chi connectivity index (χ3v) is 10.3. The molecule has 1 atom stereocenters. The molecule has 130 valence electrons. The van der Waals surface area contributed by atoms with Gasteiger partial charge < -0.3 is 4.98 Å². The molecular formula is C22H27NSSi. The van der Waals surface area contributed by atoms with Crippen molar-refractivity contribution in [2.45, 2.75) is 52.4 Å². The molecule has 0 aliphatic heterocycles. The maximum absolute atomic E-state index is 3.94. The van der Waals surface area contributed by atoms with Crippen LogP contribution < -0.4 is 4.98 Å². The Bertz CT molecular complexity index is 1010. The van der Waals surface area contributed by atoms with Gasteiger partial charge in [0.2, 0.25) is 0 Å². The summed E-state index contributed by atoms with van der Waals surface area (Å²) in [5.41, 5.74) is 6.70. The van der Waals surface area contributed by atoms with E-state index >= 15 is 0 Å². The summed E-state index contributed by atoms with van der Waals surface area (Å²) in [4.78, 5) is 3.94. The molecule has 0 spiro atoms. The zero-order valence-corrected chi connectivity index (χ0v) is 17.8. The van der Waals surface area contributed by atoms with Crippen LogP contribution in [-0.2, 0) is 0 Å². The fourth-order valence-electron chi connectivity index (χ4n) is 4.88. The molecule has 0 bridgehead atoms. The molecule has 1 aliphatic rings. The van der Waals surface area contributed by atoms with Crippen LogP contribution in [0.1, 0.15) is 44.4 Å². The minimum absolute atomic E-state index is 0.532. The quantitative estimate of drug-likeness (QED) is 0.510. The average molecular weight is 366 g/mol. The topological polar surface area (TPSA) is 12.0 Å². The molecule has 1 heterocycles. The highest BCUT2D eigenvalue weighted by Gasteiger charge is 2.41. The third-order valence-electron chi connectivity index (χ3n) is 5.67. The molecule has 1 aromatic heterocycles. The van der Waals surface area contributed by atoms with E-state index in [-0.39, 0.29) is 0 Å². The number of nitrogens with one attached hydrogen (secondary N) is 1. The second-order valence-electron chi connectivity index (χ2n) is 8.26. The lowest BCUT2D eigenvalue weighted by molar-refractivity contribution is 0.719. The minimum Gasteiger partial charge on any atom is -0.335 e. The van der Waals surface area contributed by atoms with Crippen LogP contribution in [0.15, 0.2) is 42.0 Å². The molecule has 1 N–H and O–H groups in total. The average Bonchev–Trinajstić information content (AvgIpc) is 3.02. The summed E-state index contributed by atoms with van der Waals surface area (Å²) < 4.78 is 2.82. The molecule has 1 nitrogen and oxygen atoms in total. The molecule has 0 fully saturated rings. The summed E-state index contributed by atoms with van der Waals surface area (Å²) in [5.74, 6) is 0. The van der Waals surface area contributed by atoms with E-state index in [0.29, 0.717) is 11.6 Å². The Morgan fingerprint density at radius 2 is 1.72 bits per heavy atom. The molecule has 0 amide bonds. The van der Waals surface area contributed by atoms with E-state index < -0.39 is 8.24 Å². The maximum Gasteiger partial charge on any atom is 0.131 e. The Morgan fingerprint density at radius 1 is 1.00 bits per heavy atom. The van der Waals surface area contributed by atoms with Gasteiger partial charge in [0, 0.05) is 25.7 Å². The van der Waals surface area contributed by atoms with Crippen molar-refractivity contribution in [1.82, 2.24) is 4.98 Å². The number of allylic oxidation sites excluding steroid dienone is 2. The van der Waals surface area contributed by atoms with Crippen molar-refractivity contribution >= 4 is 45.3 Å². The first kappa shape index (κ1) is 17.0. The number of hydrogen-bond donors (Lipinski definition) is 1. The molecule has 0 saturated carbocycles. The van der Waals surface area contributed by atoms with Crippen molar-refractivity contribution in [2.75, 3.05) is 0 Å². The zero-order valence-electron chi connectivity index (χ0n) is 16.0. The van der Waals surface area contributed by atoms with Gasteiger partial charge in [-0.05, 0) is 48.7 Å². The van der Waals surface area contributed by atoms with Gasteiger partial charge in [-0.1, -0.05) is 56.8 Å². The predicted octanol–water partition coefficient (Wildman–Crippen LogP) is 6.69. The molecule has 3 aromatic rings. The first-order valence-corrected chi connectivity index (χ1v) is 13.1. The predicted molar refractivity (Wildman–Crippen MR) is 116 cm³/mol. The van der Waals surface area contributed by atoms with Gasteiger partial charge in [-0.15, -0.1) is 11.3 Å². The van der Waals surface area contributed by atoms with Gasteiger partial charge in [-0.25, -0.2) is 0 Å². The second-order valence-corrected chi connectivity index (χ2v) is 13.7. The highest BCUT2D eigenvalue weighted by molar-refractivity contribution is 7.25. The van der Waals surface area contributed by atoms with Crippen molar-refractivity contribution < 1.29 is 0 Å². The normalized spacial score (nSPS) is 18.0. The molecule has 0 saturated heterocycles. The number of thiophene rings is 1. The van der Waals surface area contributed by atoms with Crippen LogP contribution in [0.4, 0.5) is 0 Å². The summed E-state index contributed by atoms with van der Waals surface area (Å²) in [6.45, 7) is 14.2. The Morgan fingerprint density at radius 3 is 2.44 bits per heavy atom. The van der Waals surface area contributed by atoms with Gasteiger partial charge in [0.15, 0.2) is 0 Å². The van der Waals surface area contributed by atoms with Gasteiger partial charge >= 0.3 is 0 Å². The summed E-state index contributed by atoms with van der Waals surface area (Å²) in [7, 11) is -1.63. The van der Waals surface area contributed by atoms with Crippen LogP contribution in [0.5, 0.6) is 0 Å². The highest BCUT2D eigenvalue weighted by Crippen LogP contribution is 2.50. The van der Waals surface area contributed by atoms with E-state index in [2.05, 4.69) is 82.2 Å². The van der Waals surface area contributed by atoms with Crippen molar-refractivity contribution in [1.29, 1.82) is 0 Å². The van der Waals surface area contributed by atoms with E-state index in [4.69, 9.17) is 0 Å². The van der Waals surface area contributed by atoms with Crippen LogP contribution in [0.2, 0.25) is 13.1 Å². The van der Waals surface area contributed by atoms with Gasteiger partial charge in [-0.3, -0.25) is 0 Å². The summed E-state index contributed by atoms with van der Waals surface area (Å²) in [6, 6.07) is 14.2. The number of benzene rings is 2. The molecule has 3 heteroatoms. The minimum atomic E-state index is -1.63. The lowest BCUT2D eigenvalue weighted by Gasteiger charge is -2.34. The smallest absolute Gasteiger partial charge is 0.131 e. The Hall–Kier alpha value is -1.42. The summed E-state index contributed by atoms with van der Waals surface area (Å²) >= 11 is 1.92. The van der Waals surface area contributed by atoms with Crippen LogP contribution in [-0.4, -0.2) is 14.3 Å². The maximum atomic E-state index is 3.94. The van der Waals surface area contributed by atoms with Crippen LogP contribution >= 0.6 is 11.3 Å². The van der Waals surface area contributed by atoms with Crippen LogP contribution in [0.25, 0.3) is 25.7 Å². The van der Waals surface area contributed by atoms with Gasteiger partial charge in [0.1, 0.15) is 8.24 Å². The van der Waals surface area contributed by atoms with E-state index in [1.807, 2.05) is 11.3 Å². The molecular weight excluding hydrogens is 338 g/mol.